The van der Waals surface area contributed by atoms with Gasteiger partial charge in [-0.25, -0.2) is 4.98 Å². The molecule has 2 rings (SSSR count). The van der Waals surface area contributed by atoms with Gasteiger partial charge in [0.25, 0.3) is 0 Å². The van der Waals surface area contributed by atoms with Gasteiger partial charge in [-0.05, 0) is 25.9 Å². The molecule has 1 aromatic heterocycles. The summed E-state index contributed by atoms with van der Waals surface area (Å²) in [4.78, 5) is 7.93. The Morgan fingerprint density at radius 2 is 1.81 bits per heavy atom. The van der Waals surface area contributed by atoms with Crippen LogP contribution in [0.3, 0.4) is 0 Å². The quantitative estimate of drug-likeness (QED) is 0.890. The minimum Gasteiger partial charge on any atom is -0.375 e. The monoisotopic (exact) mass is 261 g/mol. The van der Waals surface area contributed by atoms with Gasteiger partial charge in [-0.3, -0.25) is 4.90 Å². The lowest BCUT2D eigenvalue weighted by atomic mass is 10.1. The zero-order valence-electron chi connectivity index (χ0n) is 9.52. The SMILES string of the molecule is Cl.Nc1ncc(CN2CCCCCCC2)s1. The summed E-state index contributed by atoms with van der Waals surface area (Å²) < 4.78 is 0. The average molecular weight is 262 g/mol. The number of rotatable bonds is 2. The molecular formula is C11H20ClN3S. The first-order valence-electron chi connectivity index (χ1n) is 5.77. The zero-order valence-corrected chi connectivity index (χ0v) is 11.2. The number of halogens is 1. The topological polar surface area (TPSA) is 42.1 Å². The third-order valence-corrected chi connectivity index (χ3v) is 3.71. The first-order chi connectivity index (χ1) is 7.34. The molecule has 0 amide bonds. The Bertz CT molecular complexity index is 295. The fourth-order valence-corrected chi connectivity index (χ4v) is 2.81. The molecule has 1 aliphatic rings. The van der Waals surface area contributed by atoms with Crippen LogP contribution in [0.4, 0.5) is 5.13 Å². The number of hydrogen-bond acceptors (Lipinski definition) is 4. The lowest BCUT2D eigenvalue weighted by Gasteiger charge is -2.23. The third-order valence-electron chi connectivity index (χ3n) is 2.90. The van der Waals surface area contributed by atoms with Crippen molar-refractivity contribution in [2.75, 3.05) is 18.8 Å². The van der Waals surface area contributed by atoms with Crippen LogP contribution in [0.5, 0.6) is 0 Å². The summed E-state index contributed by atoms with van der Waals surface area (Å²) in [6.07, 6.45) is 8.80. The molecule has 1 fully saturated rings. The Labute approximate surface area is 107 Å². The minimum absolute atomic E-state index is 0. The molecule has 5 heteroatoms. The number of hydrogen-bond donors (Lipinski definition) is 1. The van der Waals surface area contributed by atoms with Crippen LogP contribution in [0, 0.1) is 0 Å². The smallest absolute Gasteiger partial charge is 0.180 e. The van der Waals surface area contributed by atoms with E-state index in [9.17, 15) is 0 Å². The Morgan fingerprint density at radius 1 is 1.19 bits per heavy atom. The Kier molecular flexibility index (Phi) is 6.09. The van der Waals surface area contributed by atoms with E-state index in [4.69, 9.17) is 5.73 Å². The van der Waals surface area contributed by atoms with Crippen molar-refractivity contribution in [3.8, 4) is 0 Å². The van der Waals surface area contributed by atoms with E-state index in [1.54, 1.807) is 11.3 Å². The number of nitrogen functional groups attached to an aromatic ring is 1. The lowest BCUT2D eigenvalue weighted by molar-refractivity contribution is 0.241. The highest BCUT2D eigenvalue weighted by Crippen LogP contribution is 2.18. The van der Waals surface area contributed by atoms with E-state index in [0.717, 1.165) is 6.54 Å². The molecule has 2 N–H and O–H groups in total. The molecule has 3 nitrogen and oxygen atoms in total. The maximum absolute atomic E-state index is 5.63. The van der Waals surface area contributed by atoms with Crippen molar-refractivity contribution in [2.24, 2.45) is 0 Å². The van der Waals surface area contributed by atoms with E-state index < -0.39 is 0 Å². The molecule has 2 heterocycles. The van der Waals surface area contributed by atoms with Crippen LogP contribution < -0.4 is 5.73 Å². The number of nitrogens with zero attached hydrogens (tertiary/aromatic N) is 2. The standard InChI is InChI=1S/C11H19N3S.ClH/c12-11-13-8-10(15-11)9-14-6-4-2-1-3-5-7-14;/h8H,1-7,9H2,(H2,12,13);1H. The highest BCUT2D eigenvalue weighted by atomic mass is 35.5. The van der Waals surface area contributed by atoms with Gasteiger partial charge in [-0.2, -0.15) is 0 Å². The van der Waals surface area contributed by atoms with Crippen LogP contribution in [0.15, 0.2) is 6.20 Å². The second-order valence-corrected chi connectivity index (χ2v) is 5.36. The molecule has 1 aliphatic heterocycles. The highest BCUT2D eigenvalue weighted by Gasteiger charge is 2.09. The van der Waals surface area contributed by atoms with Crippen molar-refractivity contribution in [1.82, 2.24) is 9.88 Å². The Morgan fingerprint density at radius 3 is 2.38 bits per heavy atom. The van der Waals surface area contributed by atoms with Gasteiger partial charge in [0.1, 0.15) is 0 Å². The van der Waals surface area contributed by atoms with Crippen LogP contribution >= 0.6 is 23.7 Å². The predicted octanol–water partition coefficient (Wildman–Crippen LogP) is 2.91. The fraction of sp³-hybridized carbons (Fsp3) is 0.727. The number of thiazole rings is 1. The lowest BCUT2D eigenvalue weighted by Crippen LogP contribution is -2.26. The summed E-state index contributed by atoms with van der Waals surface area (Å²) in [6.45, 7) is 3.50. The molecule has 1 saturated heterocycles. The summed E-state index contributed by atoms with van der Waals surface area (Å²) in [5.74, 6) is 0. The van der Waals surface area contributed by atoms with Crippen LogP contribution in [0.1, 0.15) is 37.0 Å². The molecule has 0 atom stereocenters. The molecule has 0 aromatic carbocycles. The summed E-state index contributed by atoms with van der Waals surface area (Å²) in [5.41, 5.74) is 5.63. The van der Waals surface area contributed by atoms with Crippen molar-refractivity contribution < 1.29 is 0 Å². The molecule has 0 radical (unpaired) electrons. The van der Waals surface area contributed by atoms with Gasteiger partial charge in [0.2, 0.25) is 0 Å². The molecule has 0 bridgehead atoms. The minimum atomic E-state index is 0. The summed E-state index contributed by atoms with van der Waals surface area (Å²) in [7, 11) is 0. The first-order valence-corrected chi connectivity index (χ1v) is 6.59. The molecule has 0 unspecified atom stereocenters. The van der Waals surface area contributed by atoms with Crippen molar-refractivity contribution in [3.05, 3.63) is 11.1 Å². The normalized spacial score (nSPS) is 18.5. The number of likely N-dealkylation sites (tertiary alicyclic amines) is 1. The van der Waals surface area contributed by atoms with Gasteiger partial charge in [-0.15, -0.1) is 23.7 Å². The van der Waals surface area contributed by atoms with Gasteiger partial charge < -0.3 is 5.73 Å². The Balaban J connectivity index is 0.00000128. The molecular weight excluding hydrogens is 242 g/mol. The number of nitrogens with two attached hydrogens (primary N) is 1. The summed E-state index contributed by atoms with van der Waals surface area (Å²) in [5, 5.41) is 0.692. The first kappa shape index (κ1) is 13.7. The van der Waals surface area contributed by atoms with E-state index >= 15 is 0 Å². The van der Waals surface area contributed by atoms with Gasteiger partial charge >= 0.3 is 0 Å². The van der Waals surface area contributed by atoms with Gasteiger partial charge in [0, 0.05) is 17.6 Å². The predicted molar refractivity (Wildman–Crippen MR) is 72.1 cm³/mol. The number of aromatic nitrogens is 1. The van der Waals surface area contributed by atoms with Crippen LogP contribution in [-0.2, 0) is 6.54 Å². The Hall–Kier alpha value is -0.320. The van der Waals surface area contributed by atoms with Crippen LogP contribution in [0.25, 0.3) is 0 Å². The second-order valence-electron chi connectivity index (χ2n) is 4.21. The second kappa shape index (κ2) is 7.09. The zero-order chi connectivity index (χ0) is 10.5. The average Bonchev–Trinajstić information content (AvgIpc) is 2.56. The van der Waals surface area contributed by atoms with E-state index in [1.807, 2.05) is 6.20 Å². The third kappa shape index (κ3) is 4.28. The van der Waals surface area contributed by atoms with E-state index in [-0.39, 0.29) is 12.4 Å². The molecule has 1 aromatic rings. The van der Waals surface area contributed by atoms with Crippen LogP contribution in [0.2, 0.25) is 0 Å². The molecule has 92 valence electrons. The van der Waals surface area contributed by atoms with Crippen molar-refractivity contribution in [3.63, 3.8) is 0 Å². The van der Waals surface area contributed by atoms with E-state index in [2.05, 4.69) is 9.88 Å². The van der Waals surface area contributed by atoms with Gasteiger partial charge in [0.05, 0.1) is 0 Å². The van der Waals surface area contributed by atoms with Gasteiger partial charge in [-0.1, -0.05) is 19.3 Å². The molecule has 0 saturated carbocycles. The largest absolute Gasteiger partial charge is 0.375 e. The molecule has 0 aliphatic carbocycles. The van der Waals surface area contributed by atoms with Crippen molar-refractivity contribution in [2.45, 2.75) is 38.6 Å². The molecule has 0 spiro atoms. The fourth-order valence-electron chi connectivity index (χ4n) is 2.09. The molecule has 16 heavy (non-hydrogen) atoms. The van der Waals surface area contributed by atoms with E-state index in [1.165, 1.54) is 50.1 Å². The van der Waals surface area contributed by atoms with Crippen molar-refractivity contribution >= 4 is 28.9 Å². The maximum Gasteiger partial charge on any atom is 0.180 e. The maximum atomic E-state index is 5.63. The summed E-state index contributed by atoms with van der Waals surface area (Å²) in [6, 6.07) is 0. The van der Waals surface area contributed by atoms with E-state index in [0.29, 0.717) is 5.13 Å². The van der Waals surface area contributed by atoms with Crippen molar-refractivity contribution in [1.29, 1.82) is 0 Å². The van der Waals surface area contributed by atoms with Crippen LogP contribution in [-0.4, -0.2) is 23.0 Å². The number of anilines is 1. The van der Waals surface area contributed by atoms with Gasteiger partial charge in [0.15, 0.2) is 5.13 Å². The highest BCUT2D eigenvalue weighted by molar-refractivity contribution is 7.15. The summed E-state index contributed by atoms with van der Waals surface area (Å²) >= 11 is 1.62.